The molecule has 0 bridgehead atoms. The fourth-order valence-corrected chi connectivity index (χ4v) is 2.76. The predicted octanol–water partition coefficient (Wildman–Crippen LogP) is 3.53. The van der Waals surface area contributed by atoms with Crippen molar-refractivity contribution in [3.8, 4) is 0 Å². The lowest BCUT2D eigenvalue weighted by molar-refractivity contribution is -0.136. The number of Topliss-reactive ketones (excluding diaryl/α,β-unsaturated/α-hetero) is 2. The number of aryl methyl sites for hydroxylation is 2. The van der Waals surface area contributed by atoms with Crippen molar-refractivity contribution in [3.63, 3.8) is 0 Å². The molecule has 0 N–H and O–H groups in total. The summed E-state index contributed by atoms with van der Waals surface area (Å²) < 4.78 is 10.7. The fourth-order valence-electron chi connectivity index (χ4n) is 2.52. The first-order valence-electron chi connectivity index (χ1n) is 9.40. The average molecular weight is 429 g/mol. The van der Waals surface area contributed by atoms with Crippen LogP contribution in [0.5, 0.6) is 0 Å². The molecule has 0 spiro atoms. The van der Waals surface area contributed by atoms with E-state index in [2.05, 4.69) is 12.6 Å². The van der Waals surface area contributed by atoms with Gasteiger partial charge >= 0.3 is 11.9 Å². The van der Waals surface area contributed by atoms with Gasteiger partial charge in [-0.15, -0.1) is 0 Å². The molecule has 0 radical (unpaired) electrons. The van der Waals surface area contributed by atoms with Crippen molar-refractivity contribution in [2.75, 3.05) is 6.61 Å². The monoisotopic (exact) mass is 428 g/mol. The Balaban J connectivity index is 2.06. The first-order valence-corrected chi connectivity index (χ1v) is 9.92. The summed E-state index contributed by atoms with van der Waals surface area (Å²) in [6.07, 6.45) is -1.38. The zero-order chi connectivity index (χ0) is 22.3. The average Bonchev–Trinajstić information content (AvgIpc) is 2.72. The number of carbonyl (C=O) groups is 4. The van der Waals surface area contributed by atoms with Crippen molar-refractivity contribution in [3.05, 3.63) is 70.8 Å². The van der Waals surface area contributed by atoms with E-state index in [-0.39, 0.29) is 13.0 Å². The summed E-state index contributed by atoms with van der Waals surface area (Å²) in [7, 11) is 0. The Morgan fingerprint density at radius 2 is 1.30 bits per heavy atom. The van der Waals surface area contributed by atoms with Gasteiger partial charge in [-0.2, -0.15) is 12.6 Å². The molecule has 0 amide bonds. The standard InChI is InChI=1S/C23H24O6S/c1-14-4-8-17(9-5-14)22(26)28-13-21(30)20(12-19(25)16(3)24)29-23(27)18-10-6-15(2)7-11-18/h4-11,20-21,30H,12-13H2,1-3H3/t20-,21+/m0/s1. The maximum atomic E-state index is 12.5. The molecule has 0 aliphatic heterocycles. The molecule has 158 valence electrons. The van der Waals surface area contributed by atoms with Crippen molar-refractivity contribution < 1.29 is 28.7 Å². The van der Waals surface area contributed by atoms with Crippen LogP contribution in [-0.2, 0) is 19.1 Å². The van der Waals surface area contributed by atoms with Gasteiger partial charge in [-0.1, -0.05) is 35.4 Å². The lowest BCUT2D eigenvalue weighted by Gasteiger charge is -2.22. The minimum absolute atomic E-state index is 0.202. The number of thiol groups is 1. The van der Waals surface area contributed by atoms with Crippen LogP contribution in [0.2, 0.25) is 0 Å². The molecular formula is C23H24O6S. The van der Waals surface area contributed by atoms with Gasteiger partial charge in [0, 0.05) is 6.92 Å². The molecule has 0 aromatic heterocycles. The Bertz CT molecular complexity index is 918. The number of carbonyl (C=O) groups excluding carboxylic acids is 4. The van der Waals surface area contributed by atoms with E-state index >= 15 is 0 Å². The van der Waals surface area contributed by atoms with E-state index in [1.807, 2.05) is 13.8 Å². The second-order valence-corrected chi connectivity index (χ2v) is 7.69. The summed E-state index contributed by atoms with van der Waals surface area (Å²) in [5.41, 5.74) is 2.65. The van der Waals surface area contributed by atoms with Gasteiger partial charge in [0.25, 0.3) is 0 Å². The Morgan fingerprint density at radius 1 is 0.833 bits per heavy atom. The van der Waals surface area contributed by atoms with Crippen LogP contribution in [0.1, 0.15) is 45.2 Å². The van der Waals surface area contributed by atoms with Crippen LogP contribution < -0.4 is 0 Å². The Morgan fingerprint density at radius 3 is 1.77 bits per heavy atom. The number of hydrogen-bond acceptors (Lipinski definition) is 7. The van der Waals surface area contributed by atoms with Gasteiger partial charge in [0.15, 0.2) is 5.78 Å². The number of esters is 2. The maximum absolute atomic E-state index is 12.5. The molecular weight excluding hydrogens is 404 g/mol. The van der Waals surface area contributed by atoms with Crippen molar-refractivity contribution in [1.82, 2.24) is 0 Å². The second kappa shape index (κ2) is 10.7. The molecule has 6 nitrogen and oxygen atoms in total. The lowest BCUT2D eigenvalue weighted by atomic mass is 10.1. The molecule has 2 aromatic carbocycles. The van der Waals surface area contributed by atoms with E-state index in [1.165, 1.54) is 0 Å². The number of ether oxygens (including phenoxy) is 2. The summed E-state index contributed by atoms with van der Waals surface area (Å²) >= 11 is 4.36. The van der Waals surface area contributed by atoms with Crippen LogP contribution >= 0.6 is 12.6 Å². The normalized spacial score (nSPS) is 12.5. The summed E-state index contributed by atoms with van der Waals surface area (Å²) in [5, 5.41) is -0.794. The quantitative estimate of drug-likeness (QED) is 0.374. The SMILES string of the molecule is CC(=O)C(=O)C[C@H](OC(=O)c1ccc(C)cc1)[C@H](S)COC(=O)c1ccc(C)cc1. The topological polar surface area (TPSA) is 86.7 Å². The zero-order valence-corrected chi connectivity index (χ0v) is 18.0. The highest BCUT2D eigenvalue weighted by atomic mass is 32.1. The van der Waals surface area contributed by atoms with Crippen molar-refractivity contribution >= 4 is 36.1 Å². The van der Waals surface area contributed by atoms with Gasteiger partial charge in [0.2, 0.25) is 5.78 Å². The zero-order valence-electron chi connectivity index (χ0n) is 17.1. The Labute approximate surface area is 181 Å². The smallest absolute Gasteiger partial charge is 0.338 e. The molecule has 2 atom stereocenters. The molecule has 0 saturated heterocycles. The summed E-state index contributed by atoms with van der Waals surface area (Å²) in [4.78, 5) is 48.0. The van der Waals surface area contributed by atoms with Gasteiger partial charge < -0.3 is 9.47 Å². The molecule has 2 rings (SSSR count). The third kappa shape index (κ3) is 6.84. The molecule has 0 heterocycles. The van der Waals surface area contributed by atoms with Gasteiger partial charge in [0.1, 0.15) is 12.7 Å². The molecule has 30 heavy (non-hydrogen) atoms. The summed E-state index contributed by atoms with van der Waals surface area (Å²) in [6, 6.07) is 13.6. The molecule has 2 aromatic rings. The number of benzene rings is 2. The number of hydrogen-bond donors (Lipinski definition) is 1. The minimum Gasteiger partial charge on any atom is -0.461 e. The van der Waals surface area contributed by atoms with E-state index in [4.69, 9.17) is 9.47 Å². The van der Waals surface area contributed by atoms with E-state index in [0.717, 1.165) is 18.1 Å². The minimum atomic E-state index is -1.04. The van der Waals surface area contributed by atoms with Gasteiger partial charge in [0.05, 0.1) is 22.8 Å². The second-order valence-electron chi connectivity index (χ2n) is 7.03. The van der Waals surface area contributed by atoms with E-state index < -0.39 is 34.9 Å². The lowest BCUT2D eigenvalue weighted by Crippen LogP contribution is -2.35. The van der Waals surface area contributed by atoms with Crippen LogP contribution in [-0.4, -0.2) is 41.5 Å². The maximum Gasteiger partial charge on any atom is 0.338 e. The molecule has 0 unspecified atom stereocenters. The van der Waals surface area contributed by atoms with Crippen molar-refractivity contribution in [2.24, 2.45) is 0 Å². The van der Waals surface area contributed by atoms with Gasteiger partial charge in [-0.25, -0.2) is 9.59 Å². The molecule has 0 aliphatic carbocycles. The van der Waals surface area contributed by atoms with Crippen molar-refractivity contribution in [1.29, 1.82) is 0 Å². The first kappa shape index (κ1) is 23.3. The largest absolute Gasteiger partial charge is 0.461 e. The Hall–Kier alpha value is -2.93. The fraction of sp³-hybridized carbons (Fsp3) is 0.304. The highest BCUT2D eigenvalue weighted by molar-refractivity contribution is 7.81. The molecule has 0 fully saturated rings. The highest BCUT2D eigenvalue weighted by Crippen LogP contribution is 2.17. The predicted molar refractivity (Wildman–Crippen MR) is 115 cm³/mol. The highest BCUT2D eigenvalue weighted by Gasteiger charge is 2.28. The molecule has 0 saturated carbocycles. The van der Waals surface area contributed by atoms with Crippen LogP contribution in [0, 0.1) is 13.8 Å². The number of rotatable bonds is 9. The molecule has 7 heteroatoms. The van der Waals surface area contributed by atoms with Gasteiger partial charge in [-0.05, 0) is 38.1 Å². The molecule has 0 aliphatic rings. The van der Waals surface area contributed by atoms with E-state index in [1.54, 1.807) is 48.5 Å². The van der Waals surface area contributed by atoms with Crippen LogP contribution in [0.4, 0.5) is 0 Å². The Kier molecular flexibility index (Phi) is 8.35. The number of ketones is 2. The summed E-state index contributed by atoms with van der Waals surface area (Å²) in [5.74, 6) is -2.56. The van der Waals surface area contributed by atoms with Crippen LogP contribution in [0.15, 0.2) is 48.5 Å². The van der Waals surface area contributed by atoms with Crippen LogP contribution in [0.3, 0.4) is 0 Å². The van der Waals surface area contributed by atoms with E-state index in [9.17, 15) is 19.2 Å². The van der Waals surface area contributed by atoms with E-state index in [0.29, 0.717) is 11.1 Å². The summed E-state index contributed by atoms with van der Waals surface area (Å²) in [6.45, 7) is 4.73. The van der Waals surface area contributed by atoms with Crippen LogP contribution in [0.25, 0.3) is 0 Å². The first-order chi connectivity index (χ1) is 14.2. The van der Waals surface area contributed by atoms with Gasteiger partial charge in [-0.3, -0.25) is 9.59 Å². The third-order valence-corrected chi connectivity index (χ3v) is 4.91. The van der Waals surface area contributed by atoms with Crippen molar-refractivity contribution in [2.45, 2.75) is 38.5 Å². The third-order valence-electron chi connectivity index (χ3n) is 4.43.